The van der Waals surface area contributed by atoms with E-state index in [0.29, 0.717) is 29.5 Å². The van der Waals surface area contributed by atoms with Crippen molar-refractivity contribution < 1.29 is 13.9 Å². The summed E-state index contributed by atoms with van der Waals surface area (Å²) in [6.07, 6.45) is 1.19. The summed E-state index contributed by atoms with van der Waals surface area (Å²) in [5, 5.41) is 8.10. The van der Waals surface area contributed by atoms with Gasteiger partial charge in [0.05, 0.1) is 7.11 Å². The van der Waals surface area contributed by atoms with Crippen LogP contribution in [0.3, 0.4) is 0 Å². The number of ether oxygens (including phenoxy) is 1. The Bertz CT molecular complexity index is 1210. The predicted octanol–water partition coefficient (Wildman–Crippen LogP) is 4.75. The highest BCUT2D eigenvalue weighted by atomic mass is 19.1. The number of carbonyl (C=O) groups excluding carboxylic acids is 1. The summed E-state index contributed by atoms with van der Waals surface area (Å²) in [5.41, 5.74) is 3.01. The second kappa shape index (κ2) is 7.04. The van der Waals surface area contributed by atoms with Gasteiger partial charge in [-0.05, 0) is 41.7 Å². The number of allylic oxidation sites excluding steroid dienone is 2. The molecule has 0 bridgehead atoms. The van der Waals surface area contributed by atoms with E-state index in [1.807, 2.05) is 24.3 Å². The van der Waals surface area contributed by atoms with E-state index in [9.17, 15) is 9.18 Å². The van der Waals surface area contributed by atoms with Gasteiger partial charge in [0.1, 0.15) is 17.6 Å². The van der Waals surface area contributed by atoms with Gasteiger partial charge in [0.25, 0.3) is 0 Å². The second-order valence-corrected chi connectivity index (χ2v) is 8.85. The fourth-order valence-corrected chi connectivity index (χ4v) is 4.45. The number of fused-ring (bicyclic) bond motifs is 1. The van der Waals surface area contributed by atoms with E-state index in [1.165, 1.54) is 12.1 Å². The minimum absolute atomic E-state index is 0.0807. The van der Waals surface area contributed by atoms with Crippen LogP contribution in [-0.4, -0.2) is 27.7 Å². The lowest BCUT2D eigenvalue weighted by Gasteiger charge is -2.38. The Hall–Kier alpha value is -3.48. The number of rotatable bonds is 3. The molecule has 1 aromatic heterocycles. The lowest BCUT2D eigenvalue weighted by molar-refractivity contribution is -0.118. The Balaban J connectivity index is 1.67. The maximum atomic E-state index is 13.6. The van der Waals surface area contributed by atoms with Crippen LogP contribution < -0.4 is 10.1 Å². The van der Waals surface area contributed by atoms with E-state index >= 15 is 0 Å². The molecule has 1 aliphatic heterocycles. The van der Waals surface area contributed by atoms with Gasteiger partial charge >= 0.3 is 0 Å². The molecule has 7 heteroatoms. The summed E-state index contributed by atoms with van der Waals surface area (Å²) in [6.45, 7) is 4.18. The molecule has 0 fully saturated rings. The number of benzene rings is 2. The molecule has 5 rings (SSSR count). The average Bonchev–Trinajstić information content (AvgIpc) is 3.16. The van der Waals surface area contributed by atoms with Crippen molar-refractivity contribution >= 4 is 11.7 Å². The van der Waals surface area contributed by atoms with Crippen LogP contribution in [0.2, 0.25) is 0 Å². The average molecular weight is 418 g/mol. The minimum atomic E-state index is -0.456. The van der Waals surface area contributed by atoms with Gasteiger partial charge < -0.3 is 10.1 Å². The molecule has 0 saturated heterocycles. The first-order valence-electron chi connectivity index (χ1n) is 10.2. The summed E-state index contributed by atoms with van der Waals surface area (Å²) < 4.78 is 20.7. The molecular weight excluding hydrogens is 395 g/mol. The second-order valence-electron chi connectivity index (χ2n) is 8.85. The molecular formula is C24H23FN4O2. The number of hydrogen-bond acceptors (Lipinski definition) is 5. The molecule has 1 unspecified atom stereocenters. The van der Waals surface area contributed by atoms with E-state index in [1.54, 1.807) is 23.9 Å². The number of nitrogens with one attached hydrogen (secondary N) is 1. The van der Waals surface area contributed by atoms with E-state index in [4.69, 9.17) is 14.8 Å². The third-order valence-electron chi connectivity index (χ3n) is 5.85. The molecule has 0 radical (unpaired) electrons. The first-order valence-corrected chi connectivity index (χ1v) is 10.2. The summed E-state index contributed by atoms with van der Waals surface area (Å²) >= 11 is 0. The quantitative estimate of drug-likeness (QED) is 0.665. The van der Waals surface area contributed by atoms with Gasteiger partial charge in [0, 0.05) is 23.3 Å². The maximum Gasteiger partial charge on any atom is 0.226 e. The lowest BCUT2D eigenvalue weighted by atomic mass is 9.73. The fourth-order valence-electron chi connectivity index (χ4n) is 4.45. The van der Waals surface area contributed by atoms with Gasteiger partial charge in [-0.3, -0.25) is 4.79 Å². The first-order chi connectivity index (χ1) is 14.8. The summed E-state index contributed by atoms with van der Waals surface area (Å²) in [7, 11) is 1.61. The highest BCUT2D eigenvalue weighted by Crippen LogP contribution is 2.45. The molecule has 6 nitrogen and oxygen atoms in total. The largest absolute Gasteiger partial charge is 0.497 e. The highest BCUT2D eigenvalue weighted by molar-refractivity contribution is 6.00. The molecule has 2 heterocycles. The number of hydrogen-bond donors (Lipinski definition) is 1. The Morgan fingerprint density at radius 1 is 1.16 bits per heavy atom. The Morgan fingerprint density at radius 3 is 2.68 bits per heavy atom. The zero-order valence-electron chi connectivity index (χ0n) is 17.6. The van der Waals surface area contributed by atoms with Crippen LogP contribution >= 0.6 is 0 Å². The van der Waals surface area contributed by atoms with Gasteiger partial charge in [-0.15, -0.1) is 5.10 Å². The van der Waals surface area contributed by atoms with Crippen LogP contribution in [0.25, 0.3) is 11.4 Å². The molecule has 0 saturated carbocycles. The molecule has 2 aliphatic rings. The first kappa shape index (κ1) is 19.5. The van der Waals surface area contributed by atoms with Crippen molar-refractivity contribution in [1.82, 2.24) is 14.8 Å². The molecule has 0 amide bonds. The van der Waals surface area contributed by atoms with E-state index in [0.717, 1.165) is 23.2 Å². The van der Waals surface area contributed by atoms with Gasteiger partial charge in [-0.25, -0.2) is 9.07 Å². The number of methoxy groups -OCH3 is 1. The van der Waals surface area contributed by atoms with Crippen molar-refractivity contribution in [1.29, 1.82) is 0 Å². The molecule has 3 aromatic rings. The zero-order valence-corrected chi connectivity index (χ0v) is 17.6. The number of ketones is 1. The molecule has 2 aromatic carbocycles. The third kappa shape index (κ3) is 3.40. The number of anilines is 1. The molecule has 1 N–H and O–H groups in total. The van der Waals surface area contributed by atoms with Gasteiger partial charge in [-0.1, -0.05) is 38.1 Å². The lowest BCUT2D eigenvalue weighted by Crippen LogP contribution is -2.36. The Kier molecular flexibility index (Phi) is 4.43. The SMILES string of the molecule is COc1cccc(-c2nc3n(n2)C(c2ccc(F)cc2)C2=C(CC(C)(C)CC2=O)N3)c1. The van der Waals surface area contributed by atoms with Crippen LogP contribution in [0, 0.1) is 11.2 Å². The monoisotopic (exact) mass is 418 g/mol. The molecule has 158 valence electrons. The Morgan fingerprint density at radius 2 is 1.94 bits per heavy atom. The van der Waals surface area contributed by atoms with Crippen molar-refractivity contribution in [2.75, 3.05) is 12.4 Å². The number of carbonyl (C=O) groups is 1. The Labute approximate surface area is 179 Å². The topological polar surface area (TPSA) is 69.0 Å². The fraction of sp³-hybridized carbons (Fsp3) is 0.292. The number of nitrogens with zero attached hydrogens (tertiary/aromatic N) is 3. The molecule has 31 heavy (non-hydrogen) atoms. The van der Waals surface area contributed by atoms with Gasteiger partial charge in [0.15, 0.2) is 11.6 Å². The van der Waals surface area contributed by atoms with Crippen LogP contribution in [0.1, 0.15) is 38.3 Å². The highest BCUT2D eigenvalue weighted by Gasteiger charge is 2.41. The molecule has 1 aliphatic carbocycles. The number of halogens is 1. The standard InChI is InChI=1S/C24H23FN4O2/c1-24(2)12-18-20(19(30)13-24)21(14-7-9-16(25)10-8-14)29-23(26-18)27-22(28-29)15-5-4-6-17(11-15)31-3/h4-11,21H,12-13H2,1-3H3,(H,26,27,28). The van der Waals surface area contributed by atoms with Gasteiger partial charge in [0.2, 0.25) is 5.95 Å². The predicted molar refractivity (Wildman–Crippen MR) is 115 cm³/mol. The van der Waals surface area contributed by atoms with Crippen molar-refractivity contribution in [3.63, 3.8) is 0 Å². The number of Topliss-reactive ketones (excluding diaryl/α,β-unsaturated/α-hetero) is 1. The summed E-state index contributed by atoms with van der Waals surface area (Å²) in [5.74, 6) is 1.56. The van der Waals surface area contributed by atoms with Crippen LogP contribution in [-0.2, 0) is 4.79 Å². The van der Waals surface area contributed by atoms with Crippen LogP contribution in [0.5, 0.6) is 5.75 Å². The van der Waals surface area contributed by atoms with Crippen molar-refractivity contribution in [3.05, 3.63) is 71.2 Å². The summed E-state index contributed by atoms with van der Waals surface area (Å²) in [6, 6.07) is 13.3. The summed E-state index contributed by atoms with van der Waals surface area (Å²) in [4.78, 5) is 17.9. The third-order valence-corrected chi connectivity index (χ3v) is 5.85. The minimum Gasteiger partial charge on any atom is -0.497 e. The van der Waals surface area contributed by atoms with E-state index in [-0.39, 0.29) is 17.0 Å². The van der Waals surface area contributed by atoms with E-state index in [2.05, 4.69) is 19.2 Å². The van der Waals surface area contributed by atoms with Crippen molar-refractivity contribution in [2.45, 2.75) is 32.7 Å². The maximum absolute atomic E-state index is 13.6. The van der Waals surface area contributed by atoms with Crippen LogP contribution in [0.15, 0.2) is 59.8 Å². The van der Waals surface area contributed by atoms with Crippen molar-refractivity contribution in [3.8, 4) is 17.1 Å². The smallest absolute Gasteiger partial charge is 0.226 e. The van der Waals surface area contributed by atoms with Gasteiger partial charge in [-0.2, -0.15) is 4.98 Å². The van der Waals surface area contributed by atoms with E-state index < -0.39 is 6.04 Å². The molecule has 1 atom stereocenters. The zero-order chi connectivity index (χ0) is 21.8. The number of aromatic nitrogens is 3. The van der Waals surface area contributed by atoms with Crippen molar-refractivity contribution in [2.24, 2.45) is 5.41 Å². The van der Waals surface area contributed by atoms with Crippen LogP contribution in [0.4, 0.5) is 10.3 Å². The molecule has 0 spiro atoms. The normalized spacial score (nSPS) is 19.5.